The van der Waals surface area contributed by atoms with Crippen LogP contribution in [0, 0.1) is 0 Å². The van der Waals surface area contributed by atoms with Crippen molar-refractivity contribution in [3.63, 3.8) is 0 Å². The number of nitrogens with two attached hydrogens (primary N) is 1. The molecule has 3 aromatic rings. The number of rotatable bonds is 3. The number of anilines is 2. The number of nitrogen functional groups attached to an aromatic ring is 1. The molecule has 1 fully saturated rings. The van der Waals surface area contributed by atoms with Crippen LogP contribution in [0.25, 0.3) is 23.0 Å². The lowest BCUT2D eigenvalue weighted by Gasteiger charge is -2.36. The number of carbonyl (C=O) groups is 1. The number of hydrogen-bond acceptors (Lipinski definition) is 8. The third-order valence-electron chi connectivity index (χ3n) is 4.69. The number of carbonyl (C=O) groups excluding carboxylic acids is 1. The number of aromatic nitrogens is 4. The molecule has 0 bridgehead atoms. The van der Waals surface area contributed by atoms with E-state index in [1.54, 1.807) is 25.2 Å². The number of amides is 2. The van der Waals surface area contributed by atoms with Crippen molar-refractivity contribution in [2.75, 3.05) is 50.9 Å². The van der Waals surface area contributed by atoms with Gasteiger partial charge >= 0.3 is 6.03 Å². The third-order valence-corrected chi connectivity index (χ3v) is 4.69. The van der Waals surface area contributed by atoms with Gasteiger partial charge in [-0.2, -0.15) is 0 Å². The predicted octanol–water partition coefficient (Wildman–Crippen LogP) is 1.58. The lowest BCUT2D eigenvalue weighted by Crippen LogP contribution is -2.51. The first-order chi connectivity index (χ1) is 14.0. The molecule has 0 radical (unpaired) electrons. The molecule has 0 unspecified atom stereocenters. The van der Waals surface area contributed by atoms with E-state index in [-0.39, 0.29) is 17.7 Å². The topological polar surface area (TPSA) is 118 Å². The maximum absolute atomic E-state index is 12.1. The molecule has 2 N–H and O–H groups in total. The van der Waals surface area contributed by atoms with Gasteiger partial charge in [0.2, 0.25) is 5.89 Å². The van der Waals surface area contributed by atoms with Gasteiger partial charge in [-0.3, -0.25) is 0 Å². The van der Waals surface area contributed by atoms with Gasteiger partial charge in [-0.05, 0) is 12.1 Å². The van der Waals surface area contributed by atoms with E-state index >= 15 is 0 Å². The minimum absolute atomic E-state index is 0.00744. The summed E-state index contributed by atoms with van der Waals surface area (Å²) in [6.45, 7) is 2.52. The second-order valence-corrected chi connectivity index (χ2v) is 6.89. The molecule has 150 valence electrons. The van der Waals surface area contributed by atoms with Gasteiger partial charge in [-0.15, -0.1) is 10.2 Å². The second-order valence-electron chi connectivity index (χ2n) is 6.89. The van der Waals surface area contributed by atoms with Gasteiger partial charge < -0.3 is 24.9 Å². The Kier molecular flexibility index (Phi) is 4.98. The monoisotopic (exact) mass is 394 g/mol. The highest BCUT2D eigenvalue weighted by Gasteiger charge is 2.24. The highest BCUT2D eigenvalue weighted by Crippen LogP contribution is 2.27. The molecule has 10 heteroatoms. The van der Waals surface area contributed by atoms with Crippen molar-refractivity contribution in [1.29, 1.82) is 0 Å². The summed E-state index contributed by atoms with van der Waals surface area (Å²) in [5.74, 6) is 1.49. The summed E-state index contributed by atoms with van der Waals surface area (Å²) in [4.78, 5) is 26.4. The van der Waals surface area contributed by atoms with Gasteiger partial charge in [0.1, 0.15) is 5.82 Å². The Morgan fingerprint density at radius 2 is 1.76 bits per heavy atom. The van der Waals surface area contributed by atoms with Gasteiger partial charge in [-0.25, -0.2) is 14.8 Å². The maximum atomic E-state index is 12.1. The lowest BCUT2D eigenvalue weighted by atomic mass is 10.2. The zero-order chi connectivity index (χ0) is 20.4. The molecule has 4 rings (SSSR count). The average Bonchev–Trinajstić information content (AvgIpc) is 3.24. The smallest absolute Gasteiger partial charge is 0.319 e. The van der Waals surface area contributed by atoms with Crippen molar-refractivity contribution in [3.05, 3.63) is 36.5 Å². The Bertz CT molecular complexity index is 996. The van der Waals surface area contributed by atoms with Crippen molar-refractivity contribution in [3.8, 4) is 23.0 Å². The molecule has 0 saturated carbocycles. The summed E-state index contributed by atoms with van der Waals surface area (Å²) in [5, 5.41) is 8.18. The van der Waals surface area contributed by atoms with Gasteiger partial charge in [-0.1, -0.05) is 18.2 Å². The number of benzene rings is 1. The normalized spacial score (nSPS) is 14.1. The molecule has 2 aromatic heterocycles. The Morgan fingerprint density at radius 1 is 1.07 bits per heavy atom. The molecule has 10 nitrogen and oxygen atoms in total. The standard InChI is InChI=1S/C19H22N8O2/c1-25(2)19(28)27-10-8-26(9-11-27)14-12-21-16(20)15(22-14)18-24-23-17(29-18)13-6-4-3-5-7-13/h3-7,12H,8-11H2,1-2H3,(H2,20,21). The van der Waals surface area contributed by atoms with Gasteiger partial charge in [0.05, 0.1) is 6.20 Å². The molecule has 1 aliphatic heterocycles. The van der Waals surface area contributed by atoms with Gasteiger partial charge in [0.25, 0.3) is 5.89 Å². The fourth-order valence-electron chi connectivity index (χ4n) is 3.12. The summed E-state index contributed by atoms with van der Waals surface area (Å²) in [6.07, 6.45) is 1.62. The molecule has 0 atom stereocenters. The minimum atomic E-state index is 0.00744. The molecule has 3 heterocycles. The highest BCUT2D eigenvalue weighted by atomic mass is 16.4. The fourth-order valence-corrected chi connectivity index (χ4v) is 3.12. The molecular formula is C19H22N8O2. The van der Waals surface area contributed by atoms with Crippen LogP contribution < -0.4 is 10.6 Å². The summed E-state index contributed by atoms with van der Waals surface area (Å²) < 4.78 is 5.77. The molecule has 0 spiro atoms. The molecule has 0 aliphatic carbocycles. The second kappa shape index (κ2) is 7.74. The average molecular weight is 394 g/mol. The summed E-state index contributed by atoms with van der Waals surface area (Å²) in [6, 6.07) is 9.49. The van der Waals surface area contributed by atoms with Crippen LogP contribution in [0.4, 0.5) is 16.4 Å². The number of piperazine rings is 1. The van der Waals surface area contributed by atoms with E-state index in [2.05, 4.69) is 25.1 Å². The Morgan fingerprint density at radius 3 is 2.45 bits per heavy atom. The summed E-state index contributed by atoms with van der Waals surface area (Å²) in [5.41, 5.74) is 7.18. The molecule has 29 heavy (non-hydrogen) atoms. The van der Waals surface area contributed by atoms with Crippen molar-refractivity contribution in [2.45, 2.75) is 0 Å². The van der Waals surface area contributed by atoms with Crippen LogP contribution in [-0.4, -0.2) is 76.3 Å². The number of nitrogens with zero attached hydrogens (tertiary/aromatic N) is 7. The minimum Gasteiger partial charge on any atom is -0.414 e. The highest BCUT2D eigenvalue weighted by molar-refractivity contribution is 5.74. The van der Waals surface area contributed by atoms with E-state index in [1.165, 1.54) is 0 Å². The lowest BCUT2D eigenvalue weighted by molar-refractivity contribution is 0.168. The van der Waals surface area contributed by atoms with Crippen molar-refractivity contribution < 1.29 is 9.21 Å². The first-order valence-corrected chi connectivity index (χ1v) is 9.26. The van der Waals surface area contributed by atoms with Crippen molar-refractivity contribution >= 4 is 17.7 Å². The molecule has 2 amide bonds. The Hall–Kier alpha value is -3.69. The quantitative estimate of drug-likeness (QED) is 0.711. The SMILES string of the molecule is CN(C)C(=O)N1CCN(c2cnc(N)c(-c3nnc(-c4ccccc4)o3)n2)CC1. The van der Waals surface area contributed by atoms with Crippen LogP contribution in [0.3, 0.4) is 0 Å². The fraction of sp³-hybridized carbons (Fsp3) is 0.316. The molecule has 1 aromatic carbocycles. The Labute approximate surface area is 168 Å². The van der Waals surface area contributed by atoms with E-state index in [0.717, 1.165) is 5.56 Å². The van der Waals surface area contributed by atoms with E-state index in [1.807, 2.05) is 35.2 Å². The van der Waals surface area contributed by atoms with Gasteiger partial charge in [0, 0.05) is 45.8 Å². The zero-order valence-electron chi connectivity index (χ0n) is 16.3. The van der Waals surface area contributed by atoms with E-state index < -0.39 is 0 Å². The molecule has 1 aliphatic rings. The van der Waals surface area contributed by atoms with E-state index in [9.17, 15) is 4.79 Å². The first-order valence-electron chi connectivity index (χ1n) is 9.26. The van der Waals surface area contributed by atoms with E-state index in [0.29, 0.717) is 43.6 Å². The van der Waals surface area contributed by atoms with Crippen LogP contribution in [-0.2, 0) is 0 Å². The summed E-state index contributed by atoms with van der Waals surface area (Å²) in [7, 11) is 3.50. The van der Waals surface area contributed by atoms with Crippen LogP contribution in [0.2, 0.25) is 0 Å². The van der Waals surface area contributed by atoms with Crippen LogP contribution in [0.15, 0.2) is 40.9 Å². The van der Waals surface area contributed by atoms with Crippen molar-refractivity contribution in [2.24, 2.45) is 0 Å². The predicted molar refractivity (Wildman–Crippen MR) is 108 cm³/mol. The van der Waals surface area contributed by atoms with Gasteiger partial charge in [0.15, 0.2) is 11.5 Å². The zero-order valence-corrected chi connectivity index (χ0v) is 16.3. The Balaban J connectivity index is 1.53. The maximum Gasteiger partial charge on any atom is 0.319 e. The molecular weight excluding hydrogens is 372 g/mol. The molecule has 1 saturated heterocycles. The first kappa shape index (κ1) is 18.7. The third kappa shape index (κ3) is 3.82. The number of hydrogen-bond donors (Lipinski definition) is 1. The van der Waals surface area contributed by atoms with Crippen LogP contribution in [0.1, 0.15) is 0 Å². The van der Waals surface area contributed by atoms with Crippen LogP contribution >= 0.6 is 0 Å². The largest absolute Gasteiger partial charge is 0.414 e. The van der Waals surface area contributed by atoms with E-state index in [4.69, 9.17) is 10.2 Å². The number of urea groups is 1. The van der Waals surface area contributed by atoms with Crippen LogP contribution in [0.5, 0.6) is 0 Å². The van der Waals surface area contributed by atoms with Crippen molar-refractivity contribution in [1.82, 2.24) is 30.0 Å². The summed E-state index contributed by atoms with van der Waals surface area (Å²) >= 11 is 0.